The lowest BCUT2D eigenvalue weighted by Crippen LogP contribution is -2.39. The molecule has 3 aliphatic rings. The lowest BCUT2D eigenvalue weighted by atomic mass is 9.99. The Morgan fingerprint density at radius 3 is 2.71 bits per heavy atom. The largest absolute Gasteiger partial charge is 0.473 e. The molecule has 182 valence electrons. The number of halogens is 1. The SMILES string of the molecule is CC(C)(C)OC(=O)N1CCc2sc(C(=O)N3C[C@@H]4CC[C@@H](Oc5ccc(Br)nn5)[C@@H]4C3)nc2C1. The van der Waals surface area contributed by atoms with E-state index in [1.807, 2.05) is 37.8 Å². The number of hydrogen-bond donors (Lipinski definition) is 0. The topological polar surface area (TPSA) is 97.8 Å². The number of rotatable bonds is 3. The third-order valence-corrected chi connectivity index (χ3v) is 8.09. The first-order valence-electron chi connectivity index (χ1n) is 11.6. The minimum atomic E-state index is -0.542. The van der Waals surface area contributed by atoms with Crippen molar-refractivity contribution < 1.29 is 19.1 Å². The summed E-state index contributed by atoms with van der Waals surface area (Å²) in [5.74, 6) is 1.20. The smallest absolute Gasteiger partial charge is 0.410 e. The van der Waals surface area contributed by atoms with Crippen molar-refractivity contribution in [1.82, 2.24) is 25.0 Å². The van der Waals surface area contributed by atoms with Gasteiger partial charge in [-0.2, -0.15) is 0 Å². The zero-order chi connectivity index (χ0) is 24.0. The normalized spacial score (nSPS) is 24.1. The number of amides is 2. The Morgan fingerprint density at radius 1 is 1.15 bits per heavy atom. The van der Waals surface area contributed by atoms with Crippen LogP contribution in [0.25, 0.3) is 0 Å². The van der Waals surface area contributed by atoms with E-state index in [-0.39, 0.29) is 24.0 Å². The standard InChI is InChI=1S/C23H28BrN5O4S/c1-23(2,3)33-22(31)28-9-8-17-15(12-28)25-20(34-17)21(30)29-10-13-4-5-16(14(13)11-29)32-19-7-6-18(24)26-27-19/h6-7,13-14,16H,4-5,8-12H2,1-3H3/t13-,14+,16+/m0/s1. The average molecular weight is 550 g/mol. The van der Waals surface area contributed by atoms with E-state index >= 15 is 0 Å². The molecule has 4 heterocycles. The molecule has 11 heteroatoms. The van der Waals surface area contributed by atoms with Gasteiger partial charge in [0.05, 0.1) is 12.2 Å². The van der Waals surface area contributed by atoms with E-state index in [0.29, 0.717) is 47.5 Å². The molecule has 2 fully saturated rings. The molecule has 2 amide bonds. The molecule has 0 radical (unpaired) electrons. The van der Waals surface area contributed by atoms with E-state index in [4.69, 9.17) is 9.47 Å². The second kappa shape index (κ2) is 9.07. The number of fused-ring (bicyclic) bond motifs is 2. The first-order valence-corrected chi connectivity index (χ1v) is 13.2. The molecule has 0 spiro atoms. The van der Waals surface area contributed by atoms with Crippen LogP contribution in [0.15, 0.2) is 16.7 Å². The van der Waals surface area contributed by atoms with Crippen LogP contribution < -0.4 is 4.74 Å². The number of ether oxygens (including phenoxy) is 2. The minimum Gasteiger partial charge on any atom is -0.473 e. The van der Waals surface area contributed by atoms with Crippen LogP contribution in [-0.4, -0.2) is 68.3 Å². The number of carbonyl (C=O) groups excluding carboxylic acids is 2. The molecular formula is C23H28BrN5O4S. The Balaban J connectivity index is 1.22. The summed E-state index contributed by atoms with van der Waals surface area (Å²) >= 11 is 4.74. The highest BCUT2D eigenvalue weighted by Gasteiger charge is 2.46. The van der Waals surface area contributed by atoms with Crippen LogP contribution in [0, 0.1) is 11.8 Å². The van der Waals surface area contributed by atoms with Crippen molar-refractivity contribution in [3.8, 4) is 5.88 Å². The lowest BCUT2D eigenvalue weighted by molar-refractivity contribution is 0.0222. The number of thiazole rings is 1. The molecule has 0 bridgehead atoms. The van der Waals surface area contributed by atoms with Gasteiger partial charge in [-0.1, -0.05) is 0 Å². The summed E-state index contributed by atoms with van der Waals surface area (Å²) in [5, 5.41) is 8.59. The first-order chi connectivity index (χ1) is 16.2. The van der Waals surface area contributed by atoms with E-state index in [1.165, 1.54) is 11.3 Å². The van der Waals surface area contributed by atoms with Gasteiger partial charge in [0.2, 0.25) is 5.88 Å². The van der Waals surface area contributed by atoms with Gasteiger partial charge in [0.25, 0.3) is 5.91 Å². The molecule has 2 aromatic rings. The van der Waals surface area contributed by atoms with Crippen LogP contribution in [-0.2, 0) is 17.7 Å². The van der Waals surface area contributed by atoms with Gasteiger partial charge < -0.3 is 19.3 Å². The molecule has 3 atom stereocenters. The second-order valence-corrected chi connectivity index (χ2v) is 12.0. The molecule has 9 nitrogen and oxygen atoms in total. The van der Waals surface area contributed by atoms with Gasteiger partial charge in [-0.15, -0.1) is 21.5 Å². The van der Waals surface area contributed by atoms with E-state index in [1.54, 1.807) is 4.90 Å². The van der Waals surface area contributed by atoms with E-state index < -0.39 is 5.60 Å². The molecule has 2 aromatic heterocycles. The molecule has 1 saturated carbocycles. The monoisotopic (exact) mass is 549 g/mol. The van der Waals surface area contributed by atoms with Crippen LogP contribution >= 0.6 is 27.3 Å². The van der Waals surface area contributed by atoms with E-state index in [9.17, 15) is 9.59 Å². The molecule has 0 aromatic carbocycles. The first kappa shape index (κ1) is 23.5. The van der Waals surface area contributed by atoms with Crippen molar-refractivity contribution in [1.29, 1.82) is 0 Å². The van der Waals surface area contributed by atoms with Crippen LogP contribution in [0.2, 0.25) is 0 Å². The molecule has 34 heavy (non-hydrogen) atoms. The predicted molar refractivity (Wildman–Crippen MR) is 129 cm³/mol. The Labute approximate surface area is 211 Å². The summed E-state index contributed by atoms with van der Waals surface area (Å²) in [7, 11) is 0. The van der Waals surface area contributed by atoms with Crippen LogP contribution in [0.3, 0.4) is 0 Å². The maximum atomic E-state index is 13.3. The molecule has 0 unspecified atom stereocenters. The third-order valence-electron chi connectivity index (χ3n) is 6.52. The van der Waals surface area contributed by atoms with Gasteiger partial charge in [-0.3, -0.25) is 4.79 Å². The Kier molecular flexibility index (Phi) is 6.26. The molecule has 1 saturated heterocycles. The van der Waals surface area contributed by atoms with Crippen molar-refractivity contribution in [2.45, 2.75) is 58.3 Å². The summed E-state index contributed by atoms with van der Waals surface area (Å²) in [6.45, 7) is 7.90. The molecule has 2 aliphatic heterocycles. The summed E-state index contributed by atoms with van der Waals surface area (Å²) < 4.78 is 12.3. The number of aromatic nitrogens is 3. The molecular weight excluding hydrogens is 522 g/mol. The highest BCUT2D eigenvalue weighted by Crippen LogP contribution is 2.40. The molecule has 1 aliphatic carbocycles. The van der Waals surface area contributed by atoms with Crippen molar-refractivity contribution in [2.75, 3.05) is 19.6 Å². The van der Waals surface area contributed by atoms with Crippen molar-refractivity contribution in [3.63, 3.8) is 0 Å². The quantitative estimate of drug-likeness (QED) is 0.572. The van der Waals surface area contributed by atoms with Crippen molar-refractivity contribution in [2.24, 2.45) is 11.8 Å². The van der Waals surface area contributed by atoms with Gasteiger partial charge in [0.1, 0.15) is 16.3 Å². The Morgan fingerprint density at radius 2 is 1.97 bits per heavy atom. The summed E-state index contributed by atoms with van der Waals surface area (Å²) in [4.78, 5) is 35.0. The molecule has 0 N–H and O–H groups in total. The maximum Gasteiger partial charge on any atom is 0.410 e. The Hall–Kier alpha value is -2.27. The van der Waals surface area contributed by atoms with Crippen molar-refractivity contribution in [3.05, 3.63) is 32.3 Å². The van der Waals surface area contributed by atoms with Gasteiger partial charge in [-0.25, -0.2) is 9.78 Å². The fourth-order valence-electron chi connectivity index (χ4n) is 4.96. The fourth-order valence-corrected chi connectivity index (χ4v) is 6.20. The fraction of sp³-hybridized carbons (Fsp3) is 0.609. The number of hydrogen-bond acceptors (Lipinski definition) is 8. The molecule has 5 rings (SSSR count). The van der Waals surface area contributed by atoms with Gasteiger partial charge >= 0.3 is 6.09 Å². The van der Waals surface area contributed by atoms with Gasteiger partial charge in [-0.05, 0) is 61.5 Å². The summed E-state index contributed by atoms with van der Waals surface area (Å²) in [6.07, 6.45) is 2.37. The lowest BCUT2D eigenvalue weighted by Gasteiger charge is -2.29. The van der Waals surface area contributed by atoms with E-state index in [0.717, 1.165) is 30.0 Å². The highest BCUT2D eigenvalue weighted by atomic mass is 79.9. The number of nitrogens with zero attached hydrogens (tertiary/aromatic N) is 5. The zero-order valence-electron chi connectivity index (χ0n) is 19.5. The highest BCUT2D eigenvalue weighted by molar-refractivity contribution is 9.10. The minimum absolute atomic E-state index is 0.0280. The average Bonchev–Trinajstić information content (AvgIpc) is 3.48. The van der Waals surface area contributed by atoms with Gasteiger partial charge in [0, 0.05) is 42.9 Å². The Bertz CT molecular complexity index is 1090. The number of carbonyl (C=O) groups is 2. The van der Waals surface area contributed by atoms with Crippen LogP contribution in [0.4, 0.5) is 4.79 Å². The van der Waals surface area contributed by atoms with Crippen molar-refractivity contribution >= 4 is 39.3 Å². The van der Waals surface area contributed by atoms with E-state index in [2.05, 4.69) is 31.1 Å². The summed E-state index contributed by atoms with van der Waals surface area (Å²) in [6, 6.07) is 3.62. The van der Waals surface area contributed by atoms with Gasteiger partial charge in [0.15, 0.2) is 5.01 Å². The summed E-state index contributed by atoms with van der Waals surface area (Å²) in [5.41, 5.74) is 0.264. The third kappa shape index (κ3) is 4.91. The predicted octanol–water partition coefficient (Wildman–Crippen LogP) is 3.92. The van der Waals surface area contributed by atoms with Crippen LogP contribution in [0.1, 0.15) is 54.0 Å². The maximum absolute atomic E-state index is 13.3. The van der Waals surface area contributed by atoms with Crippen LogP contribution in [0.5, 0.6) is 5.88 Å². The zero-order valence-corrected chi connectivity index (χ0v) is 21.9. The second-order valence-electron chi connectivity index (χ2n) is 10.1. The number of likely N-dealkylation sites (tertiary alicyclic amines) is 1.